The number of nitrogens with one attached hydrogen (secondary N) is 1. The Morgan fingerprint density at radius 2 is 1.54 bits per heavy atom. The van der Waals surface area contributed by atoms with Crippen LogP contribution in [0.3, 0.4) is 0 Å². The summed E-state index contributed by atoms with van der Waals surface area (Å²) in [6, 6.07) is -1.51. The molecule has 0 aliphatic rings. The maximum Gasteiger partial charge on any atom is 0.408 e. The summed E-state index contributed by atoms with van der Waals surface area (Å²) in [5, 5.41) is 22.1. The van der Waals surface area contributed by atoms with Crippen LogP contribution in [0.15, 0.2) is 12.2 Å². The molecule has 0 saturated heterocycles. The number of carbonyl (C=O) groups excluding carboxylic acids is 1. The minimum atomic E-state index is -2.78. The van der Waals surface area contributed by atoms with E-state index in [0.29, 0.717) is 0 Å². The average Bonchev–Trinajstić information content (AvgIpc) is 2.61. The molecule has 0 saturated carbocycles. The molecule has 28 heavy (non-hydrogen) atoms. The maximum absolute atomic E-state index is 11.9. The second-order valence-electron chi connectivity index (χ2n) is 8.50. The number of amides is 1. The van der Waals surface area contributed by atoms with Crippen molar-refractivity contribution in [3.8, 4) is 0 Å². The van der Waals surface area contributed by atoms with Gasteiger partial charge >= 0.3 is 6.09 Å². The van der Waals surface area contributed by atoms with Crippen LogP contribution in [-0.2, 0) is 4.74 Å². The van der Waals surface area contributed by atoms with Crippen molar-refractivity contribution >= 4 is 6.09 Å². The van der Waals surface area contributed by atoms with E-state index in [9.17, 15) is 15.0 Å². The normalized spacial score (nSPS) is 15.8. The van der Waals surface area contributed by atoms with Crippen LogP contribution in [0.5, 0.6) is 0 Å². The van der Waals surface area contributed by atoms with Gasteiger partial charge in [0, 0.05) is 0 Å². The minimum absolute atomic E-state index is 0.757. The van der Waals surface area contributed by atoms with E-state index in [4.69, 9.17) is 7.48 Å². The van der Waals surface area contributed by atoms with E-state index >= 15 is 0 Å². The fourth-order valence-corrected chi connectivity index (χ4v) is 2.90. The van der Waals surface area contributed by atoms with E-state index in [2.05, 4.69) is 12.2 Å². The number of ether oxygens (including phenoxy) is 1. The Hall–Kier alpha value is -1.07. The third-order valence-electron chi connectivity index (χ3n) is 4.46. The highest BCUT2D eigenvalue weighted by atomic mass is 16.6. The largest absolute Gasteiger partial charge is 0.444 e. The van der Waals surface area contributed by atoms with Crippen molar-refractivity contribution < 1.29 is 22.5 Å². The molecule has 3 N–H and O–H groups in total. The molecule has 1 amide bonds. The molecule has 0 aliphatic carbocycles. The molecule has 0 aromatic heterocycles. The average molecular weight is 404 g/mol. The molecule has 0 aliphatic heterocycles. The van der Waals surface area contributed by atoms with E-state index < -0.39 is 30.4 Å². The molecule has 5 nitrogen and oxygen atoms in total. The lowest BCUT2D eigenvalue weighted by Gasteiger charge is -2.24. The predicted octanol–water partition coefficient (Wildman–Crippen LogP) is 5.49. The van der Waals surface area contributed by atoms with Gasteiger partial charge in [-0.2, -0.15) is 0 Å². The van der Waals surface area contributed by atoms with Gasteiger partial charge in [0.05, 0.1) is 21.4 Å². The molecule has 166 valence electrons. The summed E-state index contributed by atoms with van der Waals surface area (Å²) in [7, 11) is 0. The molecule has 5 heteroatoms. The smallest absolute Gasteiger partial charge is 0.408 e. The van der Waals surface area contributed by atoms with Gasteiger partial charge in [0.1, 0.15) is 5.60 Å². The zero-order valence-electron chi connectivity index (χ0n) is 20.5. The Morgan fingerprint density at radius 1 is 1.04 bits per heavy atom. The van der Waals surface area contributed by atoms with Gasteiger partial charge in [-0.15, -0.1) is 0 Å². The summed E-state index contributed by atoms with van der Waals surface area (Å²) in [6.07, 6.45) is 15.6. The van der Waals surface area contributed by atoms with Crippen molar-refractivity contribution in [3.05, 3.63) is 12.2 Å². The van der Waals surface area contributed by atoms with Crippen LogP contribution in [0, 0.1) is 0 Å². The monoisotopic (exact) mass is 403 g/mol. The van der Waals surface area contributed by atoms with Crippen LogP contribution in [0.25, 0.3) is 0 Å². The number of hydrogen-bond acceptors (Lipinski definition) is 4. The summed E-state index contributed by atoms with van der Waals surface area (Å²) >= 11 is 0. The number of rotatable bonds is 16. The van der Waals surface area contributed by atoms with Gasteiger partial charge < -0.3 is 20.3 Å². The Balaban J connectivity index is 4.06. The first-order valence-electron chi connectivity index (χ1n) is 12.0. The number of aliphatic hydroxyl groups is 2. The molecular formula is C23H45NO4. The topological polar surface area (TPSA) is 78.8 Å². The van der Waals surface area contributed by atoms with Crippen molar-refractivity contribution in [2.75, 3.05) is 6.56 Å². The van der Waals surface area contributed by atoms with E-state index in [0.717, 1.165) is 19.3 Å². The Labute approximate surface area is 175 Å². The molecule has 0 rings (SSSR count). The molecule has 0 aromatic carbocycles. The molecule has 0 bridgehead atoms. The highest BCUT2D eigenvalue weighted by molar-refractivity contribution is 5.68. The van der Waals surface area contributed by atoms with E-state index in [1.807, 2.05) is 0 Å². The highest BCUT2D eigenvalue weighted by Gasteiger charge is 2.22. The predicted molar refractivity (Wildman–Crippen MR) is 116 cm³/mol. The lowest BCUT2D eigenvalue weighted by molar-refractivity contribution is 0.0405. The Bertz CT molecular complexity index is 473. The zero-order chi connectivity index (χ0) is 23.0. The first-order valence-corrected chi connectivity index (χ1v) is 11.0. The number of aliphatic hydroxyl groups excluding tert-OH is 1. The van der Waals surface area contributed by atoms with Crippen molar-refractivity contribution in [1.82, 2.24) is 5.32 Å². The van der Waals surface area contributed by atoms with Gasteiger partial charge in [0.25, 0.3) is 0 Å². The highest BCUT2D eigenvalue weighted by Crippen LogP contribution is 2.12. The third-order valence-corrected chi connectivity index (χ3v) is 4.46. The number of unbranched alkanes of at least 4 members (excludes halogenated alkanes) is 11. The van der Waals surface area contributed by atoms with Crippen LogP contribution < -0.4 is 5.32 Å². The molecule has 0 aromatic rings. The van der Waals surface area contributed by atoms with Crippen LogP contribution in [0.1, 0.15) is 107 Å². The molecule has 0 radical (unpaired) electrons. The first-order chi connectivity index (χ1) is 14.0. The fourth-order valence-electron chi connectivity index (χ4n) is 2.90. The van der Waals surface area contributed by atoms with E-state index in [1.165, 1.54) is 63.9 Å². The van der Waals surface area contributed by atoms with Crippen molar-refractivity contribution in [1.29, 1.82) is 0 Å². The quantitative estimate of drug-likeness (QED) is 0.181. The molecule has 0 unspecified atom stereocenters. The lowest BCUT2D eigenvalue weighted by Crippen LogP contribution is -2.47. The van der Waals surface area contributed by atoms with Gasteiger partial charge in [-0.05, 0) is 33.6 Å². The maximum atomic E-state index is 11.9. The van der Waals surface area contributed by atoms with Crippen LogP contribution in [0.4, 0.5) is 4.79 Å². The summed E-state index contributed by atoms with van der Waals surface area (Å²) in [5.41, 5.74) is -0.757. The lowest BCUT2D eigenvalue weighted by atomic mass is 10.1. The van der Waals surface area contributed by atoms with Gasteiger partial charge in [0.15, 0.2) is 0 Å². The van der Waals surface area contributed by atoms with Crippen molar-refractivity contribution in [2.24, 2.45) is 0 Å². The first kappa shape index (κ1) is 23.2. The zero-order valence-corrected chi connectivity index (χ0v) is 18.5. The Kier molecular flexibility index (Phi) is 14.0. The summed E-state index contributed by atoms with van der Waals surface area (Å²) in [5.74, 6) is 0. The van der Waals surface area contributed by atoms with Gasteiger partial charge in [0.2, 0.25) is 0 Å². The summed E-state index contributed by atoms with van der Waals surface area (Å²) < 4.78 is 20.0. The summed E-state index contributed by atoms with van der Waals surface area (Å²) in [6.45, 7) is 4.49. The van der Waals surface area contributed by atoms with Gasteiger partial charge in [-0.25, -0.2) is 4.79 Å². The fraction of sp³-hybridized carbons (Fsp3) is 0.870. The Morgan fingerprint density at radius 3 is 2.00 bits per heavy atom. The van der Waals surface area contributed by atoms with Crippen LogP contribution >= 0.6 is 0 Å². The number of allylic oxidation sites excluding steroid dienone is 1. The van der Waals surface area contributed by atoms with Gasteiger partial charge in [-0.3, -0.25) is 0 Å². The second kappa shape index (κ2) is 16.8. The van der Waals surface area contributed by atoms with E-state index in [-0.39, 0.29) is 0 Å². The molecular weight excluding hydrogens is 356 g/mol. The third kappa shape index (κ3) is 17.1. The molecule has 0 fully saturated rings. The SMILES string of the molecule is [2H][13C]([2H])(O)[13C@@H](NC(=O)OC(C)(C)C)[C@@H](O)C=CCCCCCCCCCCCCC. The van der Waals surface area contributed by atoms with Crippen molar-refractivity contribution in [3.63, 3.8) is 0 Å². The number of carbonyl (C=O) groups is 1. The standard InChI is InChI=1S/C23H45NO4/c1-5-6-7-8-9-10-11-12-13-14-15-16-17-18-21(26)20(19-25)24-22(27)28-23(2,3)4/h17-18,20-21,25-26H,5-16,19H2,1-4H3,(H,24,27)/t20-,21+/m1/s1/i19+1D2,20+1. The summed E-state index contributed by atoms with van der Waals surface area (Å²) in [4.78, 5) is 11.9. The van der Waals surface area contributed by atoms with E-state index in [1.54, 1.807) is 26.8 Å². The van der Waals surface area contributed by atoms with Crippen molar-refractivity contribution in [2.45, 2.75) is 122 Å². The minimum Gasteiger partial charge on any atom is -0.444 e. The van der Waals surface area contributed by atoms with Gasteiger partial charge in [-0.1, -0.05) is 83.3 Å². The second-order valence-corrected chi connectivity index (χ2v) is 8.50. The number of hydrogen-bond donors (Lipinski definition) is 3. The molecule has 0 heterocycles. The van der Waals surface area contributed by atoms with Crippen LogP contribution in [-0.4, -0.2) is 40.6 Å². The molecule has 2 atom stereocenters. The number of alkyl carbamates (subject to hydrolysis) is 1. The van der Waals surface area contributed by atoms with Crippen LogP contribution in [0.2, 0.25) is 0 Å². The molecule has 0 spiro atoms.